The Morgan fingerprint density at radius 3 is 2.73 bits per heavy atom. The molecule has 0 aliphatic rings. The van der Waals surface area contributed by atoms with E-state index in [1.54, 1.807) is 14.0 Å². The molecule has 1 unspecified atom stereocenters. The summed E-state index contributed by atoms with van der Waals surface area (Å²) < 4.78 is 0. The minimum absolute atomic E-state index is 0.0388. The number of amides is 1. The minimum atomic E-state index is -0.0766. The zero-order valence-electron chi connectivity index (χ0n) is 6.68. The molecule has 0 fully saturated rings. The second-order valence-electron chi connectivity index (χ2n) is 2.08. The number of nitrogens with two attached hydrogens (primary N) is 1. The lowest BCUT2D eigenvalue weighted by molar-refractivity contribution is -0.118. The van der Waals surface area contributed by atoms with Crippen molar-refractivity contribution in [1.82, 2.24) is 5.32 Å². The van der Waals surface area contributed by atoms with Gasteiger partial charge in [0.15, 0.2) is 0 Å². The highest BCUT2D eigenvalue weighted by molar-refractivity contribution is 8.01. The maximum absolute atomic E-state index is 10.7. The van der Waals surface area contributed by atoms with Gasteiger partial charge in [0.1, 0.15) is 5.84 Å². The van der Waals surface area contributed by atoms with Gasteiger partial charge in [-0.15, -0.1) is 11.8 Å². The smallest absolute Gasteiger partial charge is 0.229 e. The Morgan fingerprint density at radius 2 is 2.36 bits per heavy atom. The summed E-state index contributed by atoms with van der Waals surface area (Å²) in [5.74, 6) is 0.430. The van der Waals surface area contributed by atoms with E-state index in [9.17, 15) is 4.79 Å². The van der Waals surface area contributed by atoms with E-state index in [1.165, 1.54) is 11.8 Å². The van der Waals surface area contributed by atoms with Crippen LogP contribution in [0, 0.1) is 5.41 Å². The fourth-order valence-electron chi connectivity index (χ4n) is 0.363. The molecule has 0 rings (SSSR count). The Bertz CT molecular complexity index is 160. The maximum atomic E-state index is 10.7. The first-order valence-electron chi connectivity index (χ1n) is 3.24. The third-order valence-electron chi connectivity index (χ3n) is 1.18. The summed E-state index contributed by atoms with van der Waals surface area (Å²) >= 11 is 1.36. The summed E-state index contributed by atoms with van der Waals surface area (Å²) in [4.78, 5) is 10.7. The molecule has 0 aromatic heterocycles. The molecule has 0 spiro atoms. The van der Waals surface area contributed by atoms with Gasteiger partial charge in [0.2, 0.25) is 5.91 Å². The van der Waals surface area contributed by atoms with Crippen LogP contribution in [-0.4, -0.2) is 29.8 Å². The standard InChI is InChI=1S/C6H13N3OS/c1-4(6(7)8)11-3-5(10)9-2/h4H,3H2,1-2H3,(H3,7,8)(H,9,10). The lowest BCUT2D eigenvalue weighted by Gasteiger charge is -2.07. The number of amidine groups is 1. The average Bonchev–Trinajstić information content (AvgIpc) is 1.99. The van der Waals surface area contributed by atoms with Gasteiger partial charge < -0.3 is 11.1 Å². The monoisotopic (exact) mass is 175 g/mol. The van der Waals surface area contributed by atoms with Crippen LogP contribution in [-0.2, 0) is 4.79 Å². The van der Waals surface area contributed by atoms with Crippen molar-refractivity contribution >= 4 is 23.5 Å². The Hall–Kier alpha value is -0.710. The van der Waals surface area contributed by atoms with Gasteiger partial charge in [-0.3, -0.25) is 10.2 Å². The molecule has 5 heteroatoms. The second-order valence-corrected chi connectivity index (χ2v) is 3.41. The van der Waals surface area contributed by atoms with Gasteiger partial charge in [-0.25, -0.2) is 0 Å². The van der Waals surface area contributed by atoms with Crippen LogP contribution in [0.2, 0.25) is 0 Å². The normalized spacial score (nSPS) is 12.2. The molecule has 0 aliphatic heterocycles. The van der Waals surface area contributed by atoms with Crippen LogP contribution >= 0.6 is 11.8 Å². The van der Waals surface area contributed by atoms with E-state index in [1.807, 2.05) is 0 Å². The van der Waals surface area contributed by atoms with Crippen molar-refractivity contribution in [2.45, 2.75) is 12.2 Å². The molecule has 1 amide bonds. The molecule has 0 aromatic carbocycles. The Labute approximate surface area is 70.4 Å². The Balaban J connectivity index is 3.54. The zero-order chi connectivity index (χ0) is 8.85. The second kappa shape index (κ2) is 5.01. The Kier molecular flexibility index (Phi) is 4.69. The molecule has 4 N–H and O–H groups in total. The molecular formula is C6H13N3OS. The van der Waals surface area contributed by atoms with E-state index in [0.29, 0.717) is 5.75 Å². The fraction of sp³-hybridized carbons (Fsp3) is 0.667. The predicted octanol–water partition coefficient (Wildman–Crippen LogP) is -0.210. The summed E-state index contributed by atoms with van der Waals surface area (Å²) in [5.41, 5.74) is 5.19. The van der Waals surface area contributed by atoms with Crippen LogP contribution in [0.3, 0.4) is 0 Å². The zero-order valence-corrected chi connectivity index (χ0v) is 7.49. The van der Waals surface area contributed by atoms with Gasteiger partial charge in [0.05, 0.1) is 11.0 Å². The van der Waals surface area contributed by atoms with Crippen LogP contribution in [0.25, 0.3) is 0 Å². The molecule has 0 heterocycles. The SMILES string of the molecule is CNC(=O)CSC(C)C(=N)N. The lowest BCUT2D eigenvalue weighted by atomic mass is 10.4. The summed E-state index contributed by atoms with van der Waals surface area (Å²) in [6, 6.07) is 0. The number of carbonyl (C=O) groups excluding carboxylic acids is 1. The molecule has 0 saturated heterocycles. The van der Waals surface area contributed by atoms with E-state index in [-0.39, 0.29) is 17.0 Å². The van der Waals surface area contributed by atoms with Gasteiger partial charge >= 0.3 is 0 Å². The highest BCUT2D eigenvalue weighted by atomic mass is 32.2. The first-order valence-corrected chi connectivity index (χ1v) is 4.29. The molecule has 11 heavy (non-hydrogen) atoms. The molecule has 0 bridgehead atoms. The molecule has 4 nitrogen and oxygen atoms in total. The maximum Gasteiger partial charge on any atom is 0.229 e. The molecule has 1 atom stereocenters. The predicted molar refractivity (Wildman–Crippen MR) is 47.9 cm³/mol. The number of thioether (sulfide) groups is 1. The van der Waals surface area contributed by atoms with Crippen molar-refractivity contribution in [3.05, 3.63) is 0 Å². The highest BCUT2D eigenvalue weighted by Crippen LogP contribution is 2.08. The van der Waals surface area contributed by atoms with E-state index < -0.39 is 0 Å². The van der Waals surface area contributed by atoms with E-state index >= 15 is 0 Å². The minimum Gasteiger partial charge on any atom is -0.387 e. The molecule has 0 aromatic rings. The van der Waals surface area contributed by atoms with Crippen LogP contribution in [0.5, 0.6) is 0 Å². The number of hydrogen-bond acceptors (Lipinski definition) is 3. The summed E-state index contributed by atoms with van der Waals surface area (Å²) in [5, 5.41) is 9.44. The van der Waals surface area contributed by atoms with Crippen LogP contribution in [0.4, 0.5) is 0 Å². The first-order chi connectivity index (χ1) is 5.07. The van der Waals surface area contributed by atoms with E-state index in [0.717, 1.165) is 0 Å². The molecular weight excluding hydrogens is 162 g/mol. The van der Waals surface area contributed by atoms with Crippen molar-refractivity contribution < 1.29 is 4.79 Å². The third-order valence-corrected chi connectivity index (χ3v) is 2.36. The Morgan fingerprint density at radius 1 is 1.82 bits per heavy atom. The van der Waals surface area contributed by atoms with Gasteiger partial charge in [-0.05, 0) is 6.92 Å². The molecule has 0 saturated carbocycles. The van der Waals surface area contributed by atoms with Crippen molar-refractivity contribution in [2.24, 2.45) is 5.73 Å². The highest BCUT2D eigenvalue weighted by Gasteiger charge is 2.07. The molecule has 0 radical (unpaired) electrons. The van der Waals surface area contributed by atoms with E-state index in [2.05, 4.69) is 5.32 Å². The van der Waals surface area contributed by atoms with Crippen molar-refractivity contribution in [1.29, 1.82) is 5.41 Å². The topological polar surface area (TPSA) is 79.0 Å². The fourth-order valence-corrected chi connectivity index (χ4v) is 1.09. The lowest BCUT2D eigenvalue weighted by Crippen LogP contribution is -2.26. The molecule has 0 aliphatic carbocycles. The van der Waals surface area contributed by atoms with Gasteiger partial charge in [0.25, 0.3) is 0 Å². The van der Waals surface area contributed by atoms with Crippen LogP contribution < -0.4 is 11.1 Å². The summed E-state index contributed by atoms with van der Waals surface area (Å²) in [7, 11) is 1.58. The largest absolute Gasteiger partial charge is 0.387 e. The van der Waals surface area contributed by atoms with Gasteiger partial charge in [0, 0.05) is 7.05 Å². The number of carbonyl (C=O) groups is 1. The average molecular weight is 175 g/mol. The molecule has 64 valence electrons. The van der Waals surface area contributed by atoms with Gasteiger partial charge in [-0.2, -0.15) is 0 Å². The quantitative estimate of drug-likeness (QED) is 0.408. The number of nitrogens with one attached hydrogen (secondary N) is 2. The number of rotatable bonds is 4. The number of hydrogen-bond donors (Lipinski definition) is 3. The van der Waals surface area contributed by atoms with Gasteiger partial charge in [-0.1, -0.05) is 0 Å². The van der Waals surface area contributed by atoms with Crippen molar-refractivity contribution in [3.63, 3.8) is 0 Å². The van der Waals surface area contributed by atoms with Crippen molar-refractivity contribution in [2.75, 3.05) is 12.8 Å². The van der Waals surface area contributed by atoms with Crippen molar-refractivity contribution in [3.8, 4) is 0 Å². The van der Waals surface area contributed by atoms with E-state index in [4.69, 9.17) is 11.1 Å². The third kappa shape index (κ3) is 4.66. The summed E-state index contributed by atoms with van der Waals surface area (Å²) in [6.45, 7) is 1.80. The van der Waals surface area contributed by atoms with Crippen LogP contribution in [0.1, 0.15) is 6.92 Å². The summed E-state index contributed by atoms with van der Waals surface area (Å²) in [6.07, 6.45) is 0. The van der Waals surface area contributed by atoms with Crippen LogP contribution in [0.15, 0.2) is 0 Å². The first kappa shape index (κ1) is 10.3.